The van der Waals surface area contributed by atoms with Crippen molar-refractivity contribution in [3.8, 4) is 5.75 Å². The Morgan fingerprint density at radius 1 is 1.39 bits per heavy atom. The molecular formula is C12H16N2O4. The Morgan fingerprint density at radius 2 is 2.00 bits per heavy atom. The number of ether oxygens (including phenoxy) is 1. The fourth-order valence-corrected chi connectivity index (χ4v) is 1.29. The molecule has 0 aliphatic carbocycles. The molecule has 98 valence electrons. The standard InChI is InChI=1S/C12H16N2O4/c1-8-5-6-9(7-10(8)14(16)17)18-11(15)13-12(2,3)4/h5-7H,1-4H3,(H,13,15). The Labute approximate surface area is 105 Å². The minimum atomic E-state index is -0.638. The number of nitro benzene ring substituents is 1. The summed E-state index contributed by atoms with van der Waals surface area (Å²) < 4.78 is 4.98. The number of nitrogens with one attached hydrogen (secondary N) is 1. The fraction of sp³-hybridized carbons (Fsp3) is 0.417. The van der Waals surface area contributed by atoms with Crippen LogP contribution in [0.1, 0.15) is 26.3 Å². The number of aryl methyl sites for hydroxylation is 1. The number of nitrogens with zero attached hydrogens (tertiary/aromatic N) is 1. The summed E-state index contributed by atoms with van der Waals surface area (Å²) >= 11 is 0. The first-order valence-electron chi connectivity index (χ1n) is 5.44. The van der Waals surface area contributed by atoms with E-state index in [4.69, 9.17) is 4.74 Å². The highest BCUT2D eigenvalue weighted by Gasteiger charge is 2.17. The number of rotatable bonds is 2. The maximum Gasteiger partial charge on any atom is 0.413 e. The molecule has 6 nitrogen and oxygen atoms in total. The van der Waals surface area contributed by atoms with Gasteiger partial charge in [0.15, 0.2) is 0 Å². The number of hydrogen-bond donors (Lipinski definition) is 1. The highest BCUT2D eigenvalue weighted by atomic mass is 16.6. The summed E-state index contributed by atoms with van der Waals surface area (Å²) in [6.45, 7) is 7.06. The summed E-state index contributed by atoms with van der Waals surface area (Å²) in [6.07, 6.45) is -0.638. The summed E-state index contributed by atoms with van der Waals surface area (Å²) in [5.41, 5.74) is 0.0212. The van der Waals surface area contributed by atoms with Crippen molar-refractivity contribution in [2.24, 2.45) is 0 Å². The van der Waals surface area contributed by atoms with Gasteiger partial charge in [-0.15, -0.1) is 0 Å². The molecule has 0 saturated heterocycles. The highest BCUT2D eigenvalue weighted by Crippen LogP contribution is 2.23. The lowest BCUT2D eigenvalue weighted by Gasteiger charge is -2.19. The van der Waals surface area contributed by atoms with Gasteiger partial charge < -0.3 is 10.1 Å². The summed E-state index contributed by atoms with van der Waals surface area (Å²) in [5, 5.41) is 13.3. The van der Waals surface area contributed by atoms with E-state index in [0.717, 1.165) is 0 Å². The second-order valence-electron chi connectivity index (χ2n) is 4.97. The molecular weight excluding hydrogens is 236 g/mol. The van der Waals surface area contributed by atoms with Gasteiger partial charge in [-0.1, -0.05) is 0 Å². The Kier molecular flexibility index (Phi) is 3.90. The lowest BCUT2D eigenvalue weighted by atomic mass is 10.1. The van der Waals surface area contributed by atoms with Crippen molar-refractivity contribution in [1.82, 2.24) is 5.32 Å². The molecule has 0 radical (unpaired) electrons. The van der Waals surface area contributed by atoms with Gasteiger partial charge in [0, 0.05) is 11.1 Å². The number of hydrogen-bond acceptors (Lipinski definition) is 4. The maximum atomic E-state index is 11.5. The van der Waals surface area contributed by atoms with Crippen molar-refractivity contribution in [2.75, 3.05) is 0 Å². The minimum Gasteiger partial charge on any atom is -0.410 e. The third-order valence-corrected chi connectivity index (χ3v) is 2.06. The number of carbonyl (C=O) groups excluding carboxylic acids is 1. The average Bonchev–Trinajstić information content (AvgIpc) is 2.17. The van der Waals surface area contributed by atoms with Crippen molar-refractivity contribution in [2.45, 2.75) is 33.2 Å². The largest absolute Gasteiger partial charge is 0.413 e. The minimum absolute atomic E-state index is 0.0731. The molecule has 6 heteroatoms. The predicted molar refractivity (Wildman–Crippen MR) is 66.7 cm³/mol. The Morgan fingerprint density at radius 3 is 2.50 bits per heavy atom. The van der Waals surface area contributed by atoms with Crippen molar-refractivity contribution in [3.63, 3.8) is 0 Å². The van der Waals surface area contributed by atoms with Gasteiger partial charge in [0.2, 0.25) is 0 Å². The van der Waals surface area contributed by atoms with E-state index in [9.17, 15) is 14.9 Å². The first-order chi connectivity index (χ1) is 8.19. The van der Waals surface area contributed by atoms with Crippen LogP contribution in [0.4, 0.5) is 10.5 Å². The van der Waals surface area contributed by atoms with E-state index >= 15 is 0 Å². The third-order valence-electron chi connectivity index (χ3n) is 2.06. The predicted octanol–water partition coefficient (Wildman–Crippen LogP) is 2.79. The van der Waals surface area contributed by atoms with Crippen LogP contribution in [-0.2, 0) is 0 Å². The zero-order valence-electron chi connectivity index (χ0n) is 10.8. The lowest BCUT2D eigenvalue weighted by molar-refractivity contribution is -0.385. The first kappa shape index (κ1) is 14.0. The molecule has 0 bridgehead atoms. The maximum absolute atomic E-state index is 11.5. The summed E-state index contributed by atoms with van der Waals surface area (Å²) in [7, 11) is 0. The molecule has 0 spiro atoms. The normalized spacial score (nSPS) is 10.9. The van der Waals surface area contributed by atoms with E-state index in [2.05, 4.69) is 5.32 Å². The van der Waals surface area contributed by atoms with Crippen LogP contribution in [-0.4, -0.2) is 16.6 Å². The molecule has 1 aromatic carbocycles. The van der Waals surface area contributed by atoms with Gasteiger partial charge in [-0.2, -0.15) is 0 Å². The summed E-state index contributed by atoms with van der Waals surface area (Å²) in [5.74, 6) is 0.147. The topological polar surface area (TPSA) is 81.5 Å². The molecule has 0 unspecified atom stereocenters. The number of carbonyl (C=O) groups is 1. The van der Waals surface area contributed by atoms with E-state index in [-0.39, 0.29) is 11.4 Å². The lowest BCUT2D eigenvalue weighted by Crippen LogP contribution is -2.42. The molecule has 1 N–H and O–H groups in total. The quantitative estimate of drug-likeness (QED) is 0.648. The fourth-order valence-electron chi connectivity index (χ4n) is 1.29. The van der Waals surface area contributed by atoms with E-state index in [0.29, 0.717) is 5.56 Å². The van der Waals surface area contributed by atoms with E-state index in [1.807, 2.05) is 20.8 Å². The van der Waals surface area contributed by atoms with E-state index in [1.165, 1.54) is 18.2 Å². The van der Waals surface area contributed by atoms with Gasteiger partial charge in [-0.05, 0) is 39.8 Å². The van der Waals surface area contributed by atoms with Crippen LogP contribution in [0.2, 0.25) is 0 Å². The summed E-state index contributed by atoms with van der Waals surface area (Å²) in [6, 6.07) is 4.29. The molecule has 1 rings (SSSR count). The molecule has 0 aliphatic rings. The van der Waals surface area contributed by atoms with Crippen LogP contribution in [0.5, 0.6) is 5.75 Å². The van der Waals surface area contributed by atoms with Gasteiger partial charge in [0.05, 0.1) is 11.0 Å². The van der Waals surface area contributed by atoms with Crippen LogP contribution >= 0.6 is 0 Å². The van der Waals surface area contributed by atoms with Crippen molar-refractivity contribution >= 4 is 11.8 Å². The van der Waals surface area contributed by atoms with Gasteiger partial charge in [0.1, 0.15) is 5.75 Å². The SMILES string of the molecule is Cc1ccc(OC(=O)NC(C)(C)C)cc1[N+](=O)[O-]. The zero-order chi connectivity index (χ0) is 13.9. The van der Waals surface area contributed by atoms with Crippen molar-refractivity contribution in [3.05, 3.63) is 33.9 Å². The van der Waals surface area contributed by atoms with E-state index < -0.39 is 16.6 Å². The van der Waals surface area contributed by atoms with E-state index in [1.54, 1.807) is 6.92 Å². The summed E-state index contributed by atoms with van der Waals surface area (Å²) in [4.78, 5) is 21.7. The second-order valence-corrected chi connectivity index (χ2v) is 4.97. The third kappa shape index (κ3) is 4.04. The molecule has 0 fully saturated rings. The Bertz CT molecular complexity index is 477. The van der Waals surface area contributed by atoms with Crippen molar-refractivity contribution in [1.29, 1.82) is 0 Å². The molecule has 0 heterocycles. The van der Waals surface area contributed by atoms with Crippen LogP contribution in [0.15, 0.2) is 18.2 Å². The number of nitro groups is 1. The molecule has 1 amide bonds. The molecule has 18 heavy (non-hydrogen) atoms. The van der Waals surface area contributed by atoms with Gasteiger partial charge in [-0.25, -0.2) is 4.79 Å². The van der Waals surface area contributed by atoms with Crippen molar-refractivity contribution < 1.29 is 14.5 Å². The van der Waals surface area contributed by atoms with Crippen LogP contribution in [0, 0.1) is 17.0 Å². The van der Waals surface area contributed by atoms with Gasteiger partial charge in [-0.3, -0.25) is 10.1 Å². The van der Waals surface area contributed by atoms with Gasteiger partial charge >= 0.3 is 6.09 Å². The average molecular weight is 252 g/mol. The molecule has 0 atom stereocenters. The van der Waals surface area contributed by atoms with Gasteiger partial charge in [0.25, 0.3) is 5.69 Å². The van der Waals surface area contributed by atoms with Crippen LogP contribution < -0.4 is 10.1 Å². The monoisotopic (exact) mass is 252 g/mol. The molecule has 0 aliphatic heterocycles. The zero-order valence-corrected chi connectivity index (χ0v) is 10.8. The first-order valence-corrected chi connectivity index (χ1v) is 5.44. The highest BCUT2D eigenvalue weighted by molar-refractivity contribution is 5.71. The smallest absolute Gasteiger partial charge is 0.410 e. The second kappa shape index (κ2) is 5.03. The number of amides is 1. The Balaban J connectivity index is 2.83. The number of benzene rings is 1. The Hall–Kier alpha value is -2.11. The van der Waals surface area contributed by atoms with Crippen LogP contribution in [0.25, 0.3) is 0 Å². The molecule has 0 aromatic heterocycles. The van der Waals surface area contributed by atoms with Crippen LogP contribution in [0.3, 0.4) is 0 Å². The molecule has 1 aromatic rings. The molecule has 0 saturated carbocycles.